The highest BCUT2D eigenvalue weighted by atomic mass is 16.5. The molecule has 2 aromatic carbocycles. The van der Waals surface area contributed by atoms with E-state index in [0.717, 1.165) is 16.9 Å². The summed E-state index contributed by atoms with van der Waals surface area (Å²) in [4.78, 5) is 0. The van der Waals surface area contributed by atoms with E-state index in [0.29, 0.717) is 12.3 Å². The first-order valence-corrected chi connectivity index (χ1v) is 6.35. The summed E-state index contributed by atoms with van der Waals surface area (Å²) in [7, 11) is 1.68. The maximum absolute atomic E-state index is 9.43. The number of aromatic hydroxyl groups is 1. The molecule has 19 heavy (non-hydrogen) atoms. The molecule has 0 saturated carbocycles. The molecule has 0 aromatic heterocycles. The van der Waals surface area contributed by atoms with Crippen LogP contribution in [-0.4, -0.2) is 12.2 Å². The molecule has 0 fully saturated rings. The predicted molar refractivity (Wildman–Crippen MR) is 76.4 cm³/mol. The SMILES string of the molecule is COc1ccccc1C(C)NCc1cccc(O)c1. The maximum Gasteiger partial charge on any atom is 0.123 e. The average Bonchev–Trinajstić information content (AvgIpc) is 2.45. The molecule has 1 unspecified atom stereocenters. The Labute approximate surface area is 113 Å². The molecule has 2 N–H and O–H groups in total. The number of hydrogen-bond acceptors (Lipinski definition) is 3. The highest BCUT2D eigenvalue weighted by molar-refractivity contribution is 5.35. The lowest BCUT2D eigenvalue weighted by Gasteiger charge is -2.17. The van der Waals surface area contributed by atoms with Gasteiger partial charge in [0.1, 0.15) is 11.5 Å². The average molecular weight is 257 g/mol. The second-order valence-corrected chi connectivity index (χ2v) is 4.51. The van der Waals surface area contributed by atoms with E-state index in [1.807, 2.05) is 30.3 Å². The van der Waals surface area contributed by atoms with Crippen LogP contribution in [0.2, 0.25) is 0 Å². The van der Waals surface area contributed by atoms with E-state index >= 15 is 0 Å². The van der Waals surface area contributed by atoms with Crippen LogP contribution in [0.4, 0.5) is 0 Å². The highest BCUT2D eigenvalue weighted by Gasteiger charge is 2.09. The van der Waals surface area contributed by atoms with Crippen molar-refractivity contribution < 1.29 is 9.84 Å². The normalized spacial score (nSPS) is 12.1. The van der Waals surface area contributed by atoms with Gasteiger partial charge >= 0.3 is 0 Å². The second kappa shape index (κ2) is 6.25. The molecule has 0 aliphatic carbocycles. The summed E-state index contributed by atoms with van der Waals surface area (Å²) >= 11 is 0. The third kappa shape index (κ3) is 3.48. The van der Waals surface area contributed by atoms with Crippen LogP contribution in [0.5, 0.6) is 11.5 Å². The quantitative estimate of drug-likeness (QED) is 0.864. The van der Waals surface area contributed by atoms with Crippen LogP contribution in [0, 0.1) is 0 Å². The second-order valence-electron chi connectivity index (χ2n) is 4.51. The van der Waals surface area contributed by atoms with Crippen molar-refractivity contribution in [2.24, 2.45) is 0 Å². The van der Waals surface area contributed by atoms with Gasteiger partial charge in [-0.25, -0.2) is 0 Å². The minimum atomic E-state index is 0.179. The van der Waals surface area contributed by atoms with Gasteiger partial charge in [-0.2, -0.15) is 0 Å². The van der Waals surface area contributed by atoms with Gasteiger partial charge < -0.3 is 15.2 Å². The number of hydrogen-bond donors (Lipinski definition) is 2. The van der Waals surface area contributed by atoms with Gasteiger partial charge in [-0.1, -0.05) is 30.3 Å². The molecule has 2 aromatic rings. The molecular formula is C16H19NO2. The van der Waals surface area contributed by atoms with Gasteiger partial charge in [-0.05, 0) is 30.7 Å². The minimum absolute atomic E-state index is 0.179. The Morgan fingerprint density at radius 2 is 1.95 bits per heavy atom. The van der Waals surface area contributed by atoms with Gasteiger partial charge in [0.15, 0.2) is 0 Å². The van der Waals surface area contributed by atoms with Crippen LogP contribution in [0.15, 0.2) is 48.5 Å². The Morgan fingerprint density at radius 3 is 2.68 bits per heavy atom. The van der Waals surface area contributed by atoms with E-state index in [2.05, 4.69) is 18.3 Å². The Kier molecular flexibility index (Phi) is 4.42. The fourth-order valence-electron chi connectivity index (χ4n) is 2.07. The number of rotatable bonds is 5. The molecule has 1 atom stereocenters. The molecular weight excluding hydrogens is 238 g/mol. The number of phenols is 1. The molecule has 0 aliphatic heterocycles. The van der Waals surface area contributed by atoms with Gasteiger partial charge in [-0.3, -0.25) is 0 Å². The molecule has 0 heterocycles. The standard InChI is InChI=1S/C16H19NO2/c1-12(15-8-3-4-9-16(15)19-2)17-11-13-6-5-7-14(18)10-13/h3-10,12,17-18H,11H2,1-2H3. The van der Waals surface area contributed by atoms with Crippen molar-refractivity contribution in [3.8, 4) is 11.5 Å². The van der Waals surface area contributed by atoms with E-state index in [1.165, 1.54) is 0 Å². The summed E-state index contributed by atoms with van der Waals surface area (Å²) in [5, 5.41) is 12.9. The molecule has 0 amide bonds. The topological polar surface area (TPSA) is 41.5 Å². The van der Waals surface area contributed by atoms with Crippen molar-refractivity contribution in [3.63, 3.8) is 0 Å². The van der Waals surface area contributed by atoms with Gasteiger partial charge in [0.25, 0.3) is 0 Å². The molecule has 0 aliphatic rings. The number of benzene rings is 2. The third-order valence-electron chi connectivity index (χ3n) is 3.13. The lowest BCUT2D eigenvalue weighted by Crippen LogP contribution is -2.18. The van der Waals surface area contributed by atoms with E-state index in [4.69, 9.17) is 4.74 Å². The highest BCUT2D eigenvalue weighted by Crippen LogP contribution is 2.24. The van der Waals surface area contributed by atoms with Gasteiger partial charge in [0.05, 0.1) is 7.11 Å². The van der Waals surface area contributed by atoms with Crippen molar-refractivity contribution in [2.75, 3.05) is 7.11 Å². The van der Waals surface area contributed by atoms with Crippen LogP contribution >= 0.6 is 0 Å². The first-order valence-electron chi connectivity index (χ1n) is 6.35. The summed E-state index contributed by atoms with van der Waals surface area (Å²) in [6, 6.07) is 15.4. The molecule has 3 heteroatoms. The van der Waals surface area contributed by atoms with Crippen LogP contribution in [-0.2, 0) is 6.54 Å². The van der Waals surface area contributed by atoms with Crippen LogP contribution in [0.1, 0.15) is 24.1 Å². The molecule has 100 valence electrons. The summed E-state index contributed by atoms with van der Waals surface area (Å²) in [5.74, 6) is 1.18. The zero-order valence-corrected chi connectivity index (χ0v) is 11.3. The number of methoxy groups -OCH3 is 1. The van der Waals surface area contributed by atoms with Crippen molar-refractivity contribution in [3.05, 3.63) is 59.7 Å². The summed E-state index contributed by atoms with van der Waals surface area (Å²) in [5.41, 5.74) is 2.19. The smallest absolute Gasteiger partial charge is 0.123 e. The first-order chi connectivity index (χ1) is 9.20. The number of phenolic OH excluding ortho intramolecular Hbond substituents is 1. The molecule has 2 rings (SSSR count). The summed E-state index contributed by atoms with van der Waals surface area (Å²) < 4.78 is 5.36. The molecule has 3 nitrogen and oxygen atoms in total. The predicted octanol–water partition coefficient (Wildman–Crippen LogP) is 3.25. The van der Waals surface area contributed by atoms with Crippen molar-refractivity contribution in [2.45, 2.75) is 19.5 Å². The summed E-state index contributed by atoms with van der Waals surface area (Å²) in [6.07, 6.45) is 0. The van der Waals surface area contributed by atoms with E-state index < -0.39 is 0 Å². The van der Waals surface area contributed by atoms with Crippen molar-refractivity contribution >= 4 is 0 Å². The zero-order chi connectivity index (χ0) is 13.7. The lowest BCUT2D eigenvalue weighted by atomic mass is 10.1. The van der Waals surface area contributed by atoms with Crippen molar-refractivity contribution in [1.82, 2.24) is 5.32 Å². The van der Waals surface area contributed by atoms with Crippen LogP contribution < -0.4 is 10.1 Å². The van der Waals surface area contributed by atoms with Crippen LogP contribution in [0.25, 0.3) is 0 Å². The lowest BCUT2D eigenvalue weighted by molar-refractivity contribution is 0.401. The van der Waals surface area contributed by atoms with Crippen molar-refractivity contribution in [1.29, 1.82) is 0 Å². The van der Waals surface area contributed by atoms with E-state index in [1.54, 1.807) is 19.2 Å². The number of nitrogens with one attached hydrogen (secondary N) is 1. The van der Waals surface area contributed by atoms with Gasteiger partial charge in [0.2, 0.25) is 0 Å². The fourth-order valence-corrected chi connectivity index (χ4v) is 2.07. The van der Waals surface area contributed by atoms with Crippen LogP contribution in [0.3, 0.4) is 0 Å². The number of ether oxygens (including phenoxy) is 1. The Balaban J connectivity index is 2.03. The largest absolute Gasteiger partial charge is 0.508 e. The maximum atomic E-state index is 9.43. The fraction of sp³-hybridized carbons (Fsp3) is 0.250. The first kappa shape index (κ1) is 13.4. The van der Waals surface area contributed by atoms with E-state index in [9.17, 15) is 5.11 Å². The molecule has 0 radical (unpaired) electrons. The third-order valence-corrected chi connectivity index (χ3v) is 3.13. The molecule has 0 bridgehead atoms. The zero-order valence-electron chi connectivity index (χ0n) is 11.3. The Morgan fingerprint density at radius 1 is 1.16 bits per heavy atom. The van der Waals surface area contributed by atoms with Gasteiger partial charge in [-0.15, -0.1) is 0 Å². The molecule has 0 spiro atoms. The monoisotopic (exact) mass is 257 g/mol. The number of para-hydroxylation sites is 1. The van der Waals surface area contributed by atoms with E-state index in [-0.39, 0.29) is 6.04 Å². The van der Waals surface area contributed by atoms with Gasteiger partial charge in [0, 0.05) is 18.2 Å². The Hall–Kier alpha value is -2.00. The summed E-state index contributed by atoms with van der Waals surface area (Å²) in [6.45, 7) is 2.80. The minimum Gasteiger partial charge on any atom is -0.508 e. The Bertz CT molecular complexity index is 540. The molecule has 0 saturated heterocycles.